The second-order valence-electron chi connectivity index (χ2n) is 2.27. The fourth-order valence-corrected chi connectivity index (χ4v) is 0.910. The third-order valence-corrected chi connectivity index (χ3v) is 1.35. The van der Waals surface area contributed by atoms with E-state index in [2.05, 4.69) is 15.0 Å². The van der Waals surface area contributed by atoms with E-state index in [1.54, 1.807) is 6.92 Å². The molecule has 1 rings (SSSR count). The van der Waals surface area contributed by atoms with Crippen LogP contribution in [0.3, 0.4) is 0 Å². The molecule has 0 aromatic rings. The molecule has 0 saturated carbocycles. The van der Waals surface area contributed by atoms with Gasteiger partial charge in [0.05, 0.1) is 5.84 Å². The molecule has 0 unspecified atom stereocenters. The Morgan fingerprint density at radius 2 is 2.64 bits per heavy atom. The quantitative estimate of drug-likeness (QED) is 0.542. The van der Waals surface area contributed by atoms with Crippen molar-refractivity contribution in [2.75, 3.05) is 6.54 Å². The number of nitrogens with one attached hydrogen (secondary N) is 1. The number of carbonyl (C=O) groups is 1. The summed E-state index contributed by atoms with van der Waals surface area (Å²) in [5.41, 5.74) is 0. The maximum Gasteiger partial charge on any atom is 0.507 e. The normalized spacial score (nSPS) is 23.4. The van der Waals surface area contributed by atoms with Crippen LogP contribution in [0.4, 0.5) is 4.79 Å². The maximum atomic E-state index is 10.1. The number of hydrogen-bond donors (Lipinski definition) is 2. The Morgan fingerprint density at radius 1 is 1.91 bits per heavy atom. The van der Waals surface area contributed by atoms with Crippen molar-refractivity contribution >= 4 is 12.0 Å². The van der Waals surface area contributed by atoms with E-state index in [4.69, 9.17) is 5.11 Å². The van der Waals surface area contributed by atoms with E-state index in [0.29, 0.717) is 13.0 Å². The molecule has 5 nitrogen and oxygen atoms in total. The molecule has 11 heavy (non-hydrogen) atoms. The summed E-state index contributed by atoms with van der Waals surface area (Å²) < 4.78 is 4.49. The van der Waals surface area contributed by atoms with Gasteiger partial charge in [0.25, 0.3) is 0 Å². The van der Waals surface area contributed by atoms with E-state index >= 15 is 0 Å². The van der Waals surface area contributed by atoms with Crippen LogP contribution in [0.15, 0.2) is 4.99 Å². The molecule has 0 aromatic heterocycles. The standard InChI is InChI=1S/C6H10N2O3/c1-4-7-3-2-5(8-4)11-6(9)10/h5H,2-3H2,1H3,(H,7,8)(H,9,10)/t5-/m0/s1. The lowest BCUT2D eigenvalue weighted by Crippen LogP contribution is -2.40. The Balaban J connectivity index is 2.38. The summed E-state index contributed by atoms with van der Waals surface area (Å²) >= 11 is 0. The van der Waals surface area contributed by atoms with E-state index in [0.717, 1.165) is 5.84 Å². The fourth-order valence-electron chi connectivity index (χ4n) is 0.910. The highest BCUT2D eigenvalue weighted by atomic mass is 16.7. The van der Waals surface area contributed by atoms with E-state index in [1.165, 1.54) is 0 Å². The number of carboxylic acid groups (broad SMARTS) is 1. The smallest absolute Gasteiger partial charge is 0.450 e. The molecule has 62 valence electrons. The number of aliphatic imine (C=N–C) groups is 1. The molecule has 1 heterocycles. The van der Waals surface area contributed by atoms with Crippen molar-refractivity contribution < 1.29 is 14.6 Å². The highest BCUT2D eigenvalue weighted by molar-refractivity contribution is 5.80. The molecule has 0 spiro atoms. The van der Waals surface area contributed by atoms with Gasteiger partial charge in [0, 0.05) is 13.0 Å². The van der Waals surface area contributed by atoms with Crippen molar-refractivity contribution in [3.63, 3.8) is 0 Å². The molecule has 1 aliphatic heterocycles. The minimum atomic E-state index is -1.25. The summed E-state index contributed by atoms with van der Waals surface area (Å²) in [5.74, 6) is 0.725. The molecule has 1 atom stereocenters. The van der Waals surface area contributed by atoms with Gasteiger partial charge in [-0.15, -0.1) is 0 Å². The summed E-state index contributed by atoms with van der Waals surface area (Å²) in [7, 11) is 0. The third-order valence-electron chi connectivity index (χ3n) is 1.35. The summed E-state index contributed by atoms with van der Waals surface area (Å²) in [6, 6.07) is 0. The van der Waals surface area contributed by atoms with Crippen LogP contribution in [0.25, 0.3) is 0 Å². The van der Waals surface area contributed by atoms with Crippen LogP contribution in [-0.4, -0.2) is 29.9 Å². The number of amidine groups is 1. The van der Waals surface area contributed by atoms with Gasteiger partial charge in [-0.3, -0.25) is 4.99 Å². The Morgan fingerprint density at radius 3 is 3.18 bits per heavy atom. The molecular formula is C6H10N2O3. The Labute approximate surface area is 64.1 Å². The van der Waals surface area contributed by atoms with Crippen LogP contribution in [0.5, 0.6) is 0 Å². The van der Waals surface area contributed by atoms with Crippen LogP contribution < -0.4 is 5.32 Å². The van der Waals surface area contributed by atoms with Crippen LogP contribution >= 0.6 is 0 Å². The van der Waals surface area contributed by atoms with E-state index < -0.39 is 12.4 Å². The van der Waals surface area contributed by atoms with Crippen molar-refractivity contribution in [3.05, 3.63) is 0 Å². The van der Waals surface area contributed by atoms with Crippen molar-refractivity contribution in [2.45, 2.75) is 19.6 Å². The van der Waals surface area contributed by atoms with Gasteiger partial charge in [0.15, 0.2) is 6.23 Å². The van der Waals surface area contributed by atoms with Gasteiger partial charge in [0.1, 0.15) is 0 Å². The Kier molecular flexibility index (Phi) is 2.30. The maximum absolute atomic E-state index is 10.1. The largest absolute Gasteiger partial charge is 0.507 e. The SMILES string of the molecule is CC1=NCC[C@H](OC(=O)O)N1. The lowest BCUT2D eigenvalue weighted by atomic mass is 10.3. The van der Waals surface area contributed by atoms with Gasteiger partial charge >= 0.3 is 6.16 Å². The van der Waals surface area contributed by atoms with Crippen LogP contribution in [0.1, 0.15) is 13.3 Å². The molecule has 0 aromatic carbocycles. The zero-order chi connectivity index (χ0) is 8.27. The minimum absolute atomic E-state index is 0.426. The van der Waals surface area contributed by atoms with Crippen molar-refractivity contribution in [2.24, 2.45) is 4.99 Å². The number of hydrogen-bond acceptors (Lipinski definition) is 4. The summed E-state index contributed by atoms with van der Waals surface area (Å²) in [4.78, 5) is 14.1. The second kappa shape index (κ2) is 3.23. The van der Waals surface area contributed by atoms with Gasteiger partial charge in [-0.1, -0.05) is 0 Å². The van der Waals surface area contributed by atoms with Gasteiger partial charge in [0.2, 0.25) is 0 Å². The molecule has 0 fully saturated rings. The summed E-state index contributed by atoms with van der Waals surface area (Å²) in [5, 5.41) is 11.0. The fraction of sp³-hybridized carbons (Fsp3) is 0.667. The van der Waals surface area contributed by atoms with Crippen molar-refractivity contribution in [3.8, 4) is 0 Å². The predicted octanol–water partition coefficient (Wildman–Crippen LogP) is 0.419. The van der Waals surface area contributed by atoms with Gasteiger partial charge in [-0.2, -0.15) is 0 Å². The zero-order valence-corrected chi connectivity index (χ0v) is 6.20. The lowest BCUT2D eigenvalue weighted by molar-refractivity contribution is 0.0411. The molecule has 0 radical (unpaired) electrons. The molecular weight excluding hydrogens is 148 g/mol. The predicted molar refractivity (Wildman–Crippen MR) is 38.6 cm³/mol. The average molecular weight is 158 g/mol. The topological polar surface area (TPSA) is 70.9 Å². The molecule has 0 saturated heterocycles. The van der Waals surface area contributed by atoms with E-state index in [-0.39, 0.29) is 0 Å². The molecule has 0 bridgehead atoms. The van der Waals surface area contributed by atoms with Crippen molar-refractivity contribution in [1.82, 2.24) is 5.32 Å². The molecule has 1 aliphatic rings. The first-order chi connectivity index (χ1) is 5.18. The highest BCUT2D eigenvalue weighted by Crippen LogP contribution is 2.01. The Bertz CT molecular complexity index is 190. The lowest BCUT2D eigenvalue weighted by Gasteiger charge is -2.21. The molecule has 0 amide bonds. The monoisotopic (exact) mass is 158 g/mol. The first-order valence-electron chi connectivity index (χ1n) is 3.35. The number of rotatable bonds is 1. The van der Waals surface area contributed by atoms with Gasteiger partial charge in [-0.05, 0) is 6.92 Å². The zero-order valence-electron chi connectivity index (χ0n) is 6.20. The molecule has 0 aliphatic carbocycles. The summed E-state index contributed by atoms with van der Waals surface area (Å²) in [6.07, 6.45) is -1.08. The summed E-state index contributed by atoms with van der Waals surface area (Å²) in [6.45, 7) is 2.40. The van der Waals surface area contributed by atoms with Gasteiger partial charge < -0.3 is 15.2 Å². The van der Waals surface area contributed by atoms with E-state index in [9.17, 15) is 4.79 Å². The highest BCUT2D eigenvalue weighted by Gasteiger charge is 2.15. The van der Waals surface area contributed by atoms with Crippen LogP contribution in [-0.2, 0) is 4.74 Å². The Hall–Kier alpha value is -1.26. The number of ether oxygens (including phenoxy) is 1. The third kappa shape index (κ3) is 2.45. The molecule has 2 N–H and O–H groups in total. The average Bonchev–Trinajstić information content (AvgIpc) is 1.85. The van der Waals surface area contributed by atoms with Crippen LogP contribution in [0.2, 0.25) is 0 Å². The molecule has 5 heteroatoms. The van der Waals surface area contributed by atoms with Gasteiger partial charge in [-0.25, -0.2) is 4.79 Å². The second-order valence-corrected chi connectivity index (χ2v) is 2.27. The number of nitrogens with zero attached hydrogens (tertiary/aromatic N) is 1. The van der Waals surface area contributed by atoms with E-state index in [1.807, 2.05) is 0 Å². The minimum Gasteiger partial charge on any atom is -0.450 e. The first-order valence-corrected chi connectivity index (χ1v) is 3.35. The van der Waals surface area contributed by atoms with Crippen molar-refractivity contribution in [1.29, 1.82) is 0 Å². The first kappa shape index (κ1) is 7.84. The van der Waals surface area contributed by atoms with Crippen LogP contribution in [0, 0.1) is 0 Å².